The van der Waals surface area contributed by atoms with E-state index in [0.29, 0.717) is 19.3 Å². The molecular formula is C54H104O6. The van der Waals surface area contributed by atoms with E-state index < -0.39 is 6.10 Å². The Morgan fingerprint density at radius 1 is 0.317 bits per heavy atom. The Balaban J connectivity index is 4.25. The second kappa shape index (κ2) is 48.4. The van der Waals surface area contributed by atoms with Gasteiger partial charge in [-0.15, -0.1) is 0 Å². The Morgan fingerprint density at radius 2 is 0.550 bits per heavy atom. The normalized spacial score (nSPS) is 11.9. The molecule has 0 saturated heterocycles. The van der Waals surface area contributed by atoms with Gasteiger partial charge in [0.2, 0.25) is 0 Å². The van der Waals surface area contributed by atoms with Crippen LogP contribution in [0.15, 0.2) is 0 Å². The Bertz CT molecular complexity index is 903. The average molecular weight is 849 g/mol. The summed E-state index contributed by atoms with van der Waals surface area (Å²) in [4.78, 5) is 37.9. The molecule has 0 aliphatic carbocycles. The Morgan fingerprint density at radius 3 is 0.817 bits per heavy atom. The van der Waals surface area contributed by atoms with E-state index in [0.717, 1.165) is 63.7 Å². The summed E-state index contributed by atoms with van der Waals surface area (Å²) in [7, 11) is 0. The third-order valence-electron chi connectivity index (χ3n) is 12.3. The Kier molecular flexibility index (Phi) is 47.2. The van der Waals surface area contributed by atoms with E-state index in [2.05, 4.69) is 27.7 Å². The molecule has 0 radical (unpaired) electrons. The van der Waals surface area contributed by atoms with Crippen molar-refractivity contribution in [1.82, 2.24) is 0 Å². The second-order valence-corrected chi connectivity index (χ2v) is 19.0. The van der Waals surface area contributed by atoms with Gasteiger partial charge in [-0.3, -0.25) is 14.4 Å². The van der Waals surface area contributed by atoms with Gasteiger partial charge in [0.15, 0.2) is 6.10 Å². The van der Waals surface area contributed by atoms with Crippen LogP contribution >= 0.6 is 0 Å². The van der Waals surface area contributed by atoms with Crippen molar-refractivity contribution in [3.63, 3.8) is 0 Å². The van der Waals surface area contributed by atoms with Crippen molar-refractivity contribution in [3.05, 3.63) is 0 Å². The molecule has 0 aliphatic heterocycles. The first-order valence-corrected chi connectivity index (χ1v) is 26.9. The lowest BCUT2D eigenvalue weighted by atomic mass is 10.0. The summed E-state index contributed by atoms with van der Waals surface area (Å²) in [6, 6.07) is 0. The molecule has 60 heavy (non-hydrogen) atoms. The highest BCUT2D eigenvalue weighted by Gasteiger charge is 2.19. The van der Waals surface area contributed by atoms with Crippen molar-refractivity contribution in [3.8, 4) is 0 Å². The molecule has 0 unspecified atom stereocenters. The third-order valence-corrected chi connectivity index (χ3v) is 12.3. The van der Waals surface area contributed by atoms with E-state index in [4.69, 9.17) is 14.2 Å². The SMILES string of the molecule is CCCCCCCCCCCCCCCC(=O)OC[C@@H](COC(=O)CCCCCCCCCCCC)OC(=O)CCCCCCCCCCCCCCCCCCC(C)C. The quantitative estimate of drug-likeness (QED) is 0.0345. The molecule has 0 aromatic carbocycles. The van der Waals surface area contributed by atoms with Gasteiger partial charge in [-0.25, -0.2) is 0 Å². The van der Waals surface area contributed by atoms with Crippen LogP contribution in [-0.2, 0) is 28.6 Å². The molecule has 0 N–H and O–H groups in total. The summed E-state index contributed by atoms with van der Waals surface area (Å²) >= 11 is 0. The topological polar surface area (TPSA) is 78.9 Å². The number of hydrogen-bond donors (Lipinski definition) is 0. The van der Waals surface area contributed by atoms with E-state index >= 15 is 0 Å². The van der Waals surface area contributed by atoms with Crippen LogP contribution in [0.2, 0.25) is 0 Å². The molecule has 356 valence electrons. The first-order valence-electron chi connectivity index (χ1n) is 26.9. The van der Waals surface area contributed by atoms with Crippen molar-refractivity contribution >= 4 is 17.9 Å². The number of unbranched alkanes of at least 4 members (excludes halogenated alkanes) is 36. The van der Waals surface area contributed by atoms with Crippen LogP contribution < -0.4 is 0 Å². The molecule has 0 amide bonds. The minimum Gasteiger partial charge on any atom is -0.462 e. The molecule has 6 heteroatoms. The van der Waals surface area contributed by atoms with Crippen molar-refractivity contribution < 1.29 is 28.6 Å². The van der Waals surface area contributed by atoms with Gasteiger partial charge in [0.1, 0.15) is 13.2 Å². The minimum atomic E-state index is -0.760. The van der Waals surface area contributed by atoms with E-state index in [9.17, 15) is 14.4 Å². The molecule has 0 heterocycles. The summed E-state index contributed by atoms with van der Waals surface area (Å²) in [5.74, 6) is 0.00929. The number of rotatable bonds is 49. The van der Waals surface area contributed by atoms with Gasteiger partial charge in [-0.1, -0.05) is 265 Å². The van der Waals surface area contributed by atoms with Crippen LogP contribution in [0, 0.1) is 5.92 Å². The summed E-state index contributed by atoms with van der Waals surface area (Å²) in [5.41, 5.74) is 0. The number of hydrogen-bond acceptors (Lipinski definition) is 6. The van der Waals surface area contributed by atoms with Crippen molar-refractivity contribution in [2.75, 3.05) is 13.2 Å². The zero-order valence-corrected chi connectivity index (χ0v) is 40.9. The number of ether oxygens (including phenoxy) is 3. The highest BCUT2D eigenvalue weighted by Crippen LogP contribution is 2.17. The molecule has 0 aromatic heterocycles. The zero-order chi connectivity index (χ0) is 43.8. The van der Waals surface area contributed by atoms with E-state index in [-0.39, 0.29) is 31.1 Å². The summed E-state index contributed by atoms with van der Waals surface area (Å²) < 4.78 is 16.8. The second-order valence-electron chi connectivity index (χ2n) is 19.0. The lowest BCUT2D eigenvalue weighted by molar-refractivity contribution is -0.167. The smallest absolute Gasteiger partial charge is 0.306 e. The van der Waals surface area contributed by atoms with Crippen LogP contribution in [0.5, 0.6) is 0 Å². The highest BCUT2D eigenvalue weighted by molar-refractivity contribution is 5.71. The van der Waals surface area contributed by atoms with Crippen LogP contribution in [0.3, 0.4) is 0 Å². The minimum absolute atomic E-state index is 0.0624. The summed E-state index contributed by atoms with van der Waals surface area (Å²) in [6.45, 7) is 9.04. The first kappa shape index (κ1) is 58.4. The average Bonchev–Trinajstić information content (AvgIpc) is 3.23. The van der Waals surface area contributed by atoms with Gasteiger partial charge in [-0.2, -0.15) is 0 Å². The maximum atomic E-state index is 12.8. The fourth-order valence-corrected chi connectivity index (χ4v) is 8.22. The van der Waals surface area contributed by atoms with Crippen LogP contribution in [0.25, 0.3) is 0 Å². The molecule has 1 atom stereocenters. The van der Waals surface area contributed by atoms with Crippen molar-refractivity contribution in [1.29, 1.82) is 0 Å². The van der Waals surface area contributed by atoms with Gasteiger partial charge in [-0.05, 0) is 25.2 Å². The fourth-order valence-electron chi connectivity index (χ4n) is 8.22. The van der Waals surface area contributed by atoms with Crippen LogP contribution in [-0.4, -0.2) is 37.2 Å². The molecule has 0 aliphatic rings. The predicted molar refractivity (Wildman–Crippen MR) is 257 cm³/mol. The maximum Gasteiger partial charge on any atom is 0.306 e. The van der Waals surface area contributed by atoms with E-state index in [1.165, 1.54) is 199 Å². The fraction of sp³-hybridized carbons (Fsp3) is 0.944. The molecule has 0 fully saturated rings. The Hall–Kier alpha value is -1.59. The van der Waals surface area contributed by atoms with Crippen LogP contribution in [0.1, 0.15) is 304 Å². The predicted octanol–water partition coefficient (Wildman–Crippen LogP) is 17.5. The van der Waals surface area contributed by atoms with Gasteiger partial charge in [0.25, 0.3) is 0 Å². The molecule has 0 rings (SSSR count). The molecular weight excluding hydrogens is 745 g/mol. The summed E-state index contributed by atoms with van der Waals surface area (Å²) in [6.07, 6.45) is 50.9. The van der Waals surface area contributed by atoms with E-state index in [1.807, 2.05) is 0 Å². The monoisotopic (exact) mass is 849 g/mol. The van der Waals surface area contributed by atoms with Gasteiger partial charge in [0, 0.05) is 19.3 Å². The Labute approximate surface area is 374 Å². The van der Waals surface area contributed by atoms with E-state index in [1.54, 1.807) is 0 Å². The van der Waals surface area contributed by atoms with Crippen molar-refractivity contribution in [2.24, 2.45) is 5.92 Å². The number of esters is 3. The maximum absolute atomic E-state index is 12.8. The van der Waals surface area contributed by atoms with Crippen molar-refractivity contribution in [2.45, 2.75) is 310 Å². The summed E-state index contributed by atoms with van der Waals surface area (Å²) in [5, 5.41) is 0. The zero-order valence-electron chi connectivity index (χ0n) is 40.9. The van der Waals surface area contributed by atoms with Gasteiger partial charge in [0.05, 0.1) is 0 Å². The third kappa shape index (κ3) is 47.5. The lowest BCUT2D eigenvalue weighted by Gasteiger charge is -2.18. The van der Waals surface area contributed by atoms with Gasteiger partial charge < -0.3 is 14.2 Å². The van der Waals surface area contributed by atoms with Gasteiger partial charge >= 0.3 is 17.9 Å². The lowest BCUT2D eigenvalue weighted by Crippen LogP contribution is -2.30. The molecule has 0 aromatic rings. The first-order chi connectivity index (χ1) is 29.4. The number of carbonyl (C=O) groups excluding carboxylic acids is 3. The molecule has 0 spiro atoms. The molecule has 0 bridgehead atoms. The number of carbonyl (C=O) groups is 3. The largest absolute Gasteiger partial charge is 0.462 e. The highest BCUT2D eigenvalue weighted by atomic mass is 16.6. The standard InChI is InChI=1S/C54H104O6/c1-5-7-9-11-13-15-17-22-26-30-34-38-42-46-53(56)59-49-51(48-58-52(55)45-41-37-33-29-16-14-12-10-8-6-2)60-54(57)47-43-39-35-31-27-24-21-19-18-20-23-25-28-32-36-40-44-50(3)4/h50-51H,5-49H2,1-4H3/t51-/m1/s1. The van der Waals surface area contributed by atoms with Crippen LogP contribution in [0.4, 0.5) is 0 Å². The molecule has 6 nitrogen and oxygen atoms in total. The molecule has 0 saturated carbocycles.